The standard InChI is InChI=1S/C39H75N3O2/c1-7-9-11-13-15-17-19-20-21-22-24-26-28-30-32-42-36(44)41(31-29-27-25-23-18-16-14-12-10-8-2)35(43)39(42)33-37(3,4)40-38(5,6)34-39/h40H,7-34H2,1-6H3. The number of nitrogens with one attached hydrogen (secondary N) is 1. The fourth-order valence-corrected chi connectivity index (χ4v) is 8.38. The second-order valence-corrected chi connectivity index (χ2v) is 15.9. The van der Waals surface area contributed by atoms with E-state index in [0.29, 0.717) is 25.9 Å². The Labute approximate surface area is 274 Å². The summed E-state index contributed by atoms with van der Waals surface area (Å²) in [6.07, 6.45) is 32.5. The summed E-state index contributed by atoms with van der Waals surface area (Å²) in [6, 6.07) is -0.0193. The molecule has 2 aliphatic heterocycles. The Kier molecular flexibility index (Phi) is 18.6. The molecule has 0 radical (unpaired) electrons. The molecule has 2 rings (SSSR count). The summed E-state index contributed by atoms with van der Waals surface area (Å²) >= 11 is 0. The van der Waals surface area contributed by atoms with Gasteiger partial charge in [0.1, 0.15) is 5.54 Å². The number of piperidine rings is 1. The molecular formula is C39H75N3O2. The number of amides is 3. The fourth-order valence-electron chi connectivity index (χ4n) is 8.38. The second kappa shape index (κ2) is 20.9. The van der Waals surface area contributed by atoms with Crippen LogP contribution in [0.4, 0.5) is 4.79 Å². The number of hydrogen-bond acceptors (Lipinski definition) is 3. The van der Waals surface area contributed by atoms with E-state index in [4.69, 9.17) is 0 Å². The lowest BCUT2D eigenvalue weighted by molar-refractivity contribution is -0.138. The number of hydrogen-bond donors (Lipinski definition) is 1. The van der Waals surface area contributed by atoms with Gasteiger partial charge >= 0.3 is 6.03 Å². The smallest absolute Gasteiger partial charge is 0.309 e. The van der Waals surface area contributed by atoms with E-state index in [0.717, 1.165) is 25.7 Å². The molecule has 0 aliphatic carbocycles. The van der Waals surface area contributed by atoms with Crippen molar-refractivity contribution >= 4 is 11.9 Å². The van der Waals surface area contributed by atoms with E-state index in [1.54, 1.807) is 4.90 Å². The van der Waals surface area contributed by atoms with Crippen molar-refractivity contribution in [2.24, 2.45) is 0 Å². The van der Waals surface area contributed by atoms with Crippen LogP contribution in [0.25, 0.3) is 0 Å². The van der Waals surface area contributed by atoms with Gasteiger partial charge in [0.2, 0.25) is 0 Å². The zero-order valence-corrected chi connectivity index (χ0v) is 30.5. The van der Waals surface area contributed by atoms with Crippen LogP contribution in [0.15, 0.2) is 0 Å². The van der Waals surface area contributed by atoms with Crippen LogP contribution in [-0.2, 0) is 4.79 Å². The minimum absolute atomic E-state index is 0.0193. The molecule has 0 saturated carbocycles. The molecule has 0 unspecified atom stereocenters. The SMILES string of the molecule is CCCCCCCCCCCCCCCCN1C(=O)N(CCCCCCCCCCCC)C(=O)C12CC(C)(C)NC(C)(C)C2. The van der Waals surface area contributed by atoms with Crippen molar-refractivity contribution in [3.05, 3.63) is 0 Å². The molecule has 0 bridgehead atoms. The normalized spacial score (nSPS) is 19.0. The van der Waals surface area contributed by atoms with Gasteiger partial charge in [0.05, 0.1) is 0 Å². The monoisotopic (exact) mass is 618 g/mol. The van der Waals surface area contributed by atoms with E-state index >= 15 is 0 Å². The first kappa shape index (κ1) is 39.1. The van der Waals surface area contributed by atoms with Gasteiger partial charge < -0.3 is 10.2 Å². The average Bonchev–Trinajstić information content (AvgIpc) is 3.12. The minimum atomic E-state index is -0.704. The average molecular weight is 618 g/mol. The minimum Gasteiger partial charge on any atom is -0.309 e. The van der Waals surface area contributed by atoms with Crippen LogP contribution in [-0.4, -0.2) is 51.4 Å². The van der Waals surface area contributed by atoms with E-state index in [1.165, 1.54) is 128 Å². The van der Waals surface area contributed by atoms with Gasteiger partial charge in [-0.15, -0.1) is 0 Å². The topological polar surface area (TPSA) is 52.7 Å². The van der Waals surface area contributed by atoms with Crippen molar-refractivity contribution in [3.63, 3.8) is 0 Å². The quantitative estimate of drug-likeness (QED) is 0.0776. The van der Waals surface area contributed by atoms with E-state index < -0.39 is 5.54 Å². The van der Waals surface area contributed by atoms with Gasteiger partial charge in [-0.3, -0.25) is 9.69 Å². The Morgan fingerprint density at radius 1 is 0.500 bits per heavy atom. The maximum atomic E-state index is 14.2. The van der Waals surface area contributed by atoms with E-state index in [-0.39, 0.29) is 23.0 Å². The van der Waals surface area contributed by atoms with Gasteiger partial charge in [-0.05, 0) is 53.4 Å². The summed E-state index contributed by atoms with van der Waals surface area (Å²) in [4.78, 5) is 31.7. The first-order chi connectivity index (χ1) is 21.1. The highest BCUT2D eigenvalue weighted by molar-refractivity contribution is 6.07. The molecule has 1 N–H and O–H groups in total. The molecule has 2 aliphatic rings. The molecule has 258 valence electrons. The van der Waals surface area contributed by atoms with Crippen molar-refractivity contribution in [2.75, 3.05) is 13.1 Å². The lowest BCUT2D eigenvalue weighted by atomic mass is 9.70. The van der Waals surface area contributed by atoms with Crippen molar-refractivity contribution in [2.45, 2.75) is 225 Å². The Balaban J connectivity index is 1.78. The number of urea groups is 1. The number of carbonyl (C=O) groups is 2. The Morgan fingerprint density at radius 3 is 1.18 bits per heavy atom. The van der Waals surface area contributed by atoms with Gasteiger partial charge in [0.15, 0.2) is 0 Å². The highest BCUT2D eigenvalue weighted by Gasteiger charge is 2.62. The molecule has 5 nitrogen and oxygen atoms in total. The second-order valence-electron chi connectivity index (χ2n) is 15.9. The van der Waals surface area contributed by atoms with Gasteiger partial charge in [0.25, 0.3) is 5.91 Å². The predicted molar refractivity (Wildman–Crippen MR) is 189 cm³/mol. The Morgan fingerprint density at radius 2 is 0.818 bits per heavy atom. The first-order valence-electron chi connectivity index (χ1n) is 19.5. The number of nitrogens with zero attached hydrogens (tertiary/aromatic N) is 2. The van der Waals surface area contributed by atoms with Crippen LogP contribution in [0.1, 0.15) is 208 Å². The first-order valence-corrected chi connectivity index (χ1v) is 19.5. The maximum absolute atomic E-state index is 14.2. The number of imide groups is 1. The molecule has 0 aromatic rings. The summed E-state index contributed by atoms with van der Waals surface area (Å²) in [6.45, 7) is 14.6. The zero-order valence-electron chi connectivity index (χ0n) is 30.5. The van der Waals surface area contributed by atoms with Gasteiger partial charge in [-0.25, -0.2) is 4.79 Å². The molecule has 0 atom stereocenters. The maximum Gasteiger partial charge on any atom is 0.327 e. The third-order valence-electron chi connectivity index (χ3n) is 10.2. The number of unbranched alkanes of at least 4 members (excludes halogenated alkanes) is 22. The van der Waals surface area contributed by atoms with Gasteiger partial charge in [0, 0.05) is 24.2 Å². The van der Waals surface area contributed by atoms with Crippen molar-refractivity contribution < 1.29 is 9.59 Å². The Hall–Kier alpha value is -1.10. The molecular weight excluding hydrogens is 542 g/mol. The van der Waals surface area contributed by atoms with Crippen LogP contribution in [0, 0.1) is 0 Å². The number of rotatable bonds is 26. The molecule has 44 heavy (non-hydrogen) atoms. The van der Waals surface area contributed by atoms with Gasteiger partial charge in [-0.1, -0.05) is 155 Å². The summed E-state index contributed by atoms with van der Waals surface area (Å²) < 4.78 is 0. The Bertz CT molecular complexity index is 776. The van der Waals surface area contributed by atoms with E-state index in [9.17, 15) is 9.59 Å². The summed E-state index contributed by atoms with van der Waals surface area (Å²) in [7, 11) is 0. The summed E-state index contributed by atoms with van der Waals surface area (Å²) in [5, 5.41) is 3.75. The van der Waals surface area contributed by atoms with Crippen LogP contribution >= 0.6 is 0 Å². The largest absolute Gasteiger partial charge is 0.327 e. The highest BCUT2D eigenvalue weighted by Crippen LogP contribution is 2.45. The van der Waals surface area contributed by atoms with E-state index in [1.807, 2.05) is 4.90 Å². The lowest BCUT2D eigenvalue weighted by Crippen LogP contribution is -2.69. The van der Waals surface area contributed by atoms with E-state index in [2.05, 4.69) is 46.9 Å². The lowest BCUT2D eigenvalue weighted by Gasteiger charge is -2.52. The zero-order chi connectivity index (χ0) is 32.3. The predicted octanol–water partition coefficient (Wildman–Crippen LogP) is 11.3. The molecule has 2 fully saturated rings. The third-order valence-corrected chi connectivity index (χ3v) is 10.2. The summed E-state index contributed by atoms with van der Waals surface area (Å²) in [5.74, 6) is 0.0754. The highest BCUT2D eigenvalue weighted by atomic mass is 16.2. The molecule has 0 aromatic heterocycles. The molecule has 3 amide bonds. The molecule has 2 saturated heterocycles. The number of carbonyl (C=O) groups excluding carboxylic acids is 2. The van der Waals surface area contributed by atoms with Crippen molar-refractivity contribution in [3.8, 4) is 0 Å². The van der Waals surface area contributed by atoms with Crippen LogP contribution in [0.3, 0.4) is 0 Å². The molecule has 0 aromatic carbocycles. The third kappa shape index (κ3) is 13.7. The van der Waals surface area contributed by atoms with Crippen LogP contribution < -0.4 is 5.32 Å². The molecule has 1 spiro atoms. The summed E-state index contributed by atoms with van der Waals surface area (Å²) in [5.41, 5.74) is -1.10. The van der Waals surface area contributed by atoms with Crippen LogP contribution in [0.5, 0.6) is 0 Å². The molecule has 2 heterocycles. The molecule has 5 heteroatoms. The van der Waals surface area contributed by atoms with Gasteiger partial charge in [-0.2, -0.15) is 0 Å². The fraction of sp³-hybridized carbons (Fsp3) is 0.949. The van der Waals surface area contributed by atoms with Crippen LogP contribution in [0.2, 0.25) is 0 Å². The van der Waals surface area contributed by atoms with Crippen molar-refractivity contribution in [1.82, 2.24) is 15.1 Å². The van der Waals surface area contributed by atoms with Crippen molar-refractivity contribution in [1.29, 1.82) is 0 Å².